The van der Waals surface area contributed by atoms with E-state index < -0.39 is 0 Å². The molecule has 5 nitrogen and oxygen atoms in total. The van der Waals surface area contributed by atoms with Gasteiger partial charge in [-0.2, -0.15) is 0 Å². The Kier molecular flexibility index (Phi) is 6.60. The number of carbonyl (C=O) groups excluding carboxylic acids is 1. The van der Waals surface area contributed by atoms with Gasteiger partial charge in [0.15, 0.2) is 0 Å². The third-order valence-electron chi connectivity index (χ3n) is 3.68. The summed E-state index contributed by atoms with van der Waals surface area (Å²) in [5, 5.41) is 6.24. The molecule has 0 aliphatic carbocycles. The summed E-state index contributed by atoms with van der Waals surface area (Å²) < 4.78 is 0.905. The fraction of sp³-hybridized carbons (Fsp3) is 0.600. The molecule has 1 aliphatic heterocycles. The van der Waals surface area contributed by atoms with Crippen LogP contribution in [0.5, 0.6) is 0 Å². The Hall–Kier alpha value is -0.980. The van der Waals surface area contributed by atoms with Crippen molar-refractivity contribution in [2.24, 2.45) is 0 Å². The Morgan fingerprint density at radius 2 is 2.24 bits per heavy atom. The molecule has 0 aromatic carbocycles. The van der Waals surface area contributed by atoms with Gasteiger partial charge in [0.2, 0.25) is 5.91 Å². The first-order valence-electron chi connectivity index (χ1n) is 7.55. The lowest BCUT2D eigenvalue weighted by atomic mass is 10.0. The summed E-state index contributed by atoms with van der Waals surface area (Å²) in [6.07, 6.45) is 4.98. The van der Waals surface area contributed by atoms with Crippen LogP contribution in [0.15, 0.2) is 22.8 Å². The number of carbonyl (C=O) groups is 1. The SMILES string of the molecule is CCCN(CC(=O)Nc1ccc(Br)cn1)C1CCNCC1. The van der Waals surface area contributed by atoms with Gasteiger partial charge in [-0.1, -0.05) is 6.92 Å². The molecular weight excluding hydrogens is 332 g/mol. The second-order valence-electron chi connectivity index (χ2n) is 5.36. The van der Waals surface area contributed by atoms with Crippen LogP contribution >= 0.6 is 15.9 Å². The Morgan fingerprint density at radius 3 is 2.86 bits per heavy atom. The van der Waals surface area contributed by atoms with Gasteiger partial charge in [0.05, 0.1) is 6.54 Å². The van der Waals surface area contributed by atoms with Crippen molar-refractivity contribution in [1.82, 2.24) is 15.2 Å². The predicted molar refractivity (Wildman–Crippen MR) is 88.3 cm³/mol. The van der Waals surface area contributed by atoms with Crippen molar-refractivity contribution in [2.45, 2.75) is 32.2 Å². The van der Waals surface area contributed by atoms with Crippen LogP contribution in [0.1, 0.15) is 26.2 Å². The van der Waals surface area contributed by atoms with Gasteiger partial charge in [0, 0.05) is 16.7 Å². The molecule has 0 spiro atoms. The first-order chi connectivity index (χ1) is 10.2. The summed E-state index contributed by atoms with van der Waals surface area (Å²) in [6, 6.07) is 4.19. The summed E-state index contributed by atoms with van der Waals surface area (Å²) in [4.78, 5) is 18.7. The topological polar surface area (TPSA) is 57.3 Å². The molecule has 2 heterocycles. The number of piperidine rings is 1. The maximum atomic E-state index is 12.2. The van der Waals surface area contributed by atoms with Crippen LogP contribution in [0.25, 0.3) is 0 Å². The molecular formula is C15H23BrN4O. The van der Waals surface area contributed by atoms with Crippen LogP contribution in [0, 0.1) is 0 Å². The molecule has 2 N–H and O–H groups in total. The molecule has 21 heavy (non-hydrogen) atoms. The van der Waals surface area contributed by atoms with Gasteiger partial charge in [-0.15, -0.1) is 0 Å². The minimum absolute atomic E-state index is 0.0109. The molecule has 1 amide bonds. The minimum atomic E-state index is 0.0109. The van der Waals surface area contributed by atoms with Gasteiger partial charge in [-0.25, -0.2) is 4.98 Å². The Balaban J connectivity index is 1.89. The van der Waals surface area contributed by atoms with Gasteiger partial charge in [-0.3, -0.25) is 9.69 Å². The van der Waals surface area contributed by atoms with Crippen molar-refractivity contribution in [3.63, 3.8) is 0 Å². The van der Waals surface area contributed by atoms with Crippen molar-refractivity contribution in [1.29, 1.82) is 0 Å². The standard InChI is InChI=1S/C15H23BrN4O/c1-2-9-20(13-5-7-17-8-6-13)11-15(21)19-14-4-3-12(16)10-18-14/h3-4,10,13,17H,2,5-9,11H2,1H3,(H,18,19,21). The maximum absolute atomic E-state index is 12.2. The number of rotatable bonds is 6. The lowest BCUT2D eigenvalue weighted by molar-refractivity contribution is -0.118. The largest absolute Gasteiger partial charge is 0.317 e. The normalized spacial score (nSPS) is 16.1. The summed E-state index contributed by atoms with van der Waals surface area (Å²) in [5.74, 6) is 0.613. The highest BCUT2D eigenvalue weighted by atomic mass is 79.9. The van der Waals surface area contributed by atoms with E-state index in [2.05, 4.69) is 43.4 Å². The number of nitrogens with zero attached hydrogens (tertiary/aromatic N) is 2. The van der Waals surface area contributed by atoms with E-state index in [1.54, 1.807) is 12.3 Å². The van der Waals surface area contributed by atoms with E-state index >= 15 is 0 Å². The van der Waals surface area contributed by atoms with Crippen molar-refractivity contribution in [3.8, 4) is 0 Å². The van der Waals surface area contributed by atoms with Gasteiger partial charge < -0.3 is 10.6 Å². The van der Waals surface area contributed by atoms with Crippen LogP contribution in [-0.2, 0) is 4.79 Å². The van der Waals surface area contributed by atoms with Crippen LogP contribution in [0.2, 0.25) is 0 Å². The summed E-state index contributed by atoms with van der Waals surface area (Å²) >= 11 is 3.34. The Labute approximate surface area is 134 Å². The highest BCUT2D eigenvalue weighted by molar-refractivity contribution is 9.10. The second kappa shape index (κ2) is 8.46. The van der Waals surface area contributed by atoms with E-state index in [-0.39, 0.29) is 5.91 Å². The molecule has 6 heteroatoms. The molecule has 0 radical (unpaired) electrons. The van der Waals surface area contributed by atoms with Crippen molar-refractivity contribution < 1.29 is 4.79 Å². The number of amides is 1. The highest BCUT2D eigenvalue weighted by Crippen LogP contribution is 2.13. The van der Waals surface area contributed by atoms with E-state index in [4.69, 9.17) is 0 Å². The van der Waals surface area contributed by atoms with E-state index in [1.165, 1.54) is 0 Å². The van der Waals surface area contributed by atoms with Crippen molar-refractivity contribution in [3.05, 3.63) is 22.8 Å². The number of hydrogen-bond acceptors (Lipinski definition) is 4. The number of nitrogens with one attached hydrogen (secondary N) is 2. The average Bonchev–Trinajstić information content (AvgIpc) is 2.50. The molecule has 1 aromatic heterocycles. The number of halogens is 1. The third kappa shape index (κ3) is 5.37. The third-order valence-corrected chi connectivity index (χ3v) is 4.15. The molecule has 0 unspecified atom stereocenters. The quantitative estimate of drug-likeness (QED) is 0.822. The van der Waals surface area contributed by atoms with Crippen LogP contribution in [0.4, 0.5) is 5.82 Å². The molecule has 0 bridgehead atoms. The highest BCUT2D eigenvalue weighted by Gasteiger charge is 2.22. The Bertz CT molecular complexity index is 445. The fourth-order valence-corrected chi connectivity index (χ4v) is 2.90. The summed E-state index contributed by atoms with van der Waals surface area (Å²) in [5.41, 5.74) is 0. The second-order valence-corrected chi connectivity index (χ2v) is 6.28. The number of anilines is 1. The van der Waals surface area contributed by atoms with Gasteiger partial charge in [0.1, 0.15) is 5.82 Å². The molecule has 0 saturated carbocycles. The molecule has 2 rings (SSSR count). The lowest BCUT2D eigenvalue weighted by Crippen LogP contribution is -2.46. The minimum Gasteiger partial charge on any atom is -0.317 e. The molecule has 1 saturated heterocycles. The van der Waals surface area contributed by atoms with E-state index in [0.717, 1.165) is 43.4 Å². The number of pyridine rings is 1. The molecule has 1 aliphatic rings. The zero-order chi connectivity index (χ0) is 15.1. The van der Waals surface area contributed by atoms with Crippen LogP contribution in [0.3, 0.4) is 0 Å². The van der Waals surface area contributed by atoms with E-state index in [1.807, 2.05) is 6.07 Å². The summed E-state index contributed by atoms with van der Waals surface area (Å²) in [6.45, 7) is 5.64. The van der Waals surface area contributed by atoms with E-state index in [0.29, 0.717) is 18.4 Å². The first-order valence-corrected chi connectivity index (χ1v) is 8.34. The van der Waals surface area contributed by atoms with Crippen LogP contribution in [-0.4, -0.2) is 48.0 Å². The predicted octanol–water partition coefficient (Wildman–Crippen LogP) is 2.25. The van der Waals surface area contributed by atoms with Gasteiger partial charge in [-0.05, 0) is 67.0 Å². The smallest absolute Gasteiger partial charge is 0.239 e. The number of hydrogen-bond donors (Lipinski definition) is 2. The number of aromatic nitrogens is 1. The Morgan fingerprint density at radius 1 is 1.48 bits per heavy atom. The lowest BCUT2D eigenvalue weighted by Gasteiger charge is -2.33. The first kappa shape index (κ1) is 16.4. The fourth-order valence-electron chi connectivity index (χ4n) is 2.67. The summed E-state index contributed by atoms with van der Waals surface area (Å²) in [7, 11) is 0. The molecule has 116 valence electrons. The van der Waals surface area contributed by atoms with Gasteiger partial charge in [0.25, 0.3) is 0 Å². The molecule has 0 atom stereocenters. The van der Waals surface area contributed by atoms with E-state index in [9.17, 15) is 4.79 Å². The van der Waals surface area contributed by atoms with Gasteiger partial charge >= 0.3 is 0 Å². The zero-order valence-electron chi connectivity index (χ0n) is 12.4. The van der Waals surface area contributed by atoms with Crippen LogP contribution < -0.4 is 10.6 Å². The molecule has 1 aromatic rings. The monoisotopic (exact) mass is 354 g/mol. The van der Waals surface area contributed by atoms with Crippen molar-refractivity contribution >= 4 is 27.7 Å². The maximum Gasteiger partial charge on any atom is 0.239 e. The zero-order valence-corrected chi connectivity index (χ0v) is 14.0. The molecule has 1 fully saturated rings. The average molecular weight is 355 g/mol. The van der Waals surface area contributed by atoms with Crippen molar-refractivity contribution in [2.75, 3.05) is 31.5 Å².